The van der Waals surface area contributed by atoms with Crippen molar-refractivity contribution in [3.63, 3.8) is 0 Å². The predicted molar refractivity (Wildman–Crippen MR) is 69.8 cm³/mol. The number of carboxylic acids is 1. The third kappa shape index (κ3) is 1.76. The van der Waals surface area contributed by atoms with Gasteiger partial charge in [0, 0.05) is 6.42 Å². The van der Waals surface area contributed by atoms with Crippen LogP contribution in [0, 0.1) is 0 Å². The predicted octanol–water partition coefficient (Wildman–Crippen LogP) is 0.614. The molecule has 1 aliphatic rings. The number of rotatable bonds is 3. The Morgan fingerprint density at radius 1 is 1.40 bits per heavy atom. The number of aromatic nitrogens is 2. The summed E-state index contributed by atoms with van der Waals surface area (Å²) in [5.74, 6) is -1.18. The van der Waals surface area contributed by atoms with E-state index < -0.39 is 22.0 Å². The van der Waals surface area contributed by atoms with Crippen molar-refractivity contribution in [3.8, 4) is 0 Å². The number of aliphatic carboxylic acids is 1. The van der Waals surface area contributed by atoms with Crippen LogP contribution in [0.3, 0.4) is 0 Å². The Morgan fingerprint density at radius 3 is 2.80 bits per heavy atom. The maximum absolute atomic E-state index is 12.6. The van der Waals surface area contributed by atoms with E-state index in [1.807, 2.05) is 0 Å². The molecule has 0 saturated carbocycles. The quantitative estimate of drug-likeness (QED) is 0.863. The van der Waals surface area contributed by atoms with Crippen LogP contribution in [0.4, 0.5) is 5.69 Å². The molecule has 104 valence electrons. The number of imidazole rings is 1. The van der Waals surface area contributed by atoms with Crippen molar-refractivity contribution in [2.75, 3.05) is 4.31 Å². The van der Waals surface area contributed by atoms with E-state index >= 15 is 0 Å². The van der Waals surface area contributed by atoms with Gasteiger partial charge in [-0.2, -0.15) is 8.42 Å². The minimum Gasteiger partial charge on any atom is -0.480 e. The second kappa shape index (κ2) is 4.34. The lowest BCUT2D eigenvalue weighted by Gasteiger charge is -2.23. The fourth-order valence-electron chi connectivity index (χ4n) is 2.33. The molecule has 0 saturated heterocycles. The number of nitrogens with zero attached hydrogens (tertiary/aromatic N) is 2. The van der Waals surface area contributed by atoms with E-state index in [4.69, 9.17) is 0 Å². The molecule has 2 aromatic rings. The van der Waals surface area contributed by atoms with Crippen LogP contribution < -0.4 is 4.31 Å². The molecule has 0 spiro atoms. The zero-order chi connectivity index (χ0) is 14.3. The average Bonchev–Trinajstić information content (AvgIpc) is 3.06. The lowest BCUT2D eigenvalue weighted by Crippen LogP contribution is -2.42. The summed E-state index contributed by atoms with van der Waals surface area (Å²) in [6.07, 6.45) is 2.55. The molecular weight excluding hydrogens is 282 g/mol. The highest BCUT2D eigenvalue weighted by atomic mass is 32.2. The van der Waals surface area contributed by atoms with E-state index in [-0.39, 0.29) is 11.4 Å². The van der Waals surface area contributed by atoms with Crippen LogP contribution in [0.5, 0.6) is 0 Å². The van der Waals surface area contributed by atoms with E-state index in [0.29, 0.717) is 11.3 Å². The second-order valence-electron chi connectivity index (χ2n) is 4.40. The number of para-hydroxylation sites is 1. The van der Waals surface area contributed by atoms with Gasteiger partial charge in [-0.05, 0) is 11.6 Å². The Balaban J connectivity index is 2.17. The van der Waals surface area contributed by atoms with Crippen molar-refractivity contribution in [1.29, 1.82) is 0 Å². The molecule has 7 nitrogen and oxygen atoms in total. The summed E-state index contributed by atoms with van der Waals surface area (Å²) in [4.78, 5) is 17.6. The minimum absolute atomic E-state index is 0.125. The summed E-state index contributed by atoms with van der Waals surface area (Å²) in [6, 6.07) is 5.63. The first-order valence-electron chi connectivity index (χ1n) is 5.85. The summed E-state index contributed by atoms with van der Waals surface area (Å²) >= 11 is 0. The smallest absolute Gasteiger partial charge is 0.327 e. The number of hydrogen-bond acceptors (Lipinski definition) is 4. The van der Waals surface area contributed by atoms with E-state index in [1.54, 1.807) is 24.3 Å². The number of carbonyl (C=O) groups is 1. The van der Waals surface area contributed by atoms with Crippen molar-refractivity contribution in [1.82, 2.24) is 9.97 Å². The highest BCUT2D eigenvalue weighted by Crippen LogP contribution is 2.36. The topological polar surface area (TPSA) is 103 Å². The van der Waals surface area contributed by atoms with Gasteiger partial charge in [-0.1, -0.05) is 18.2 Å². The molecule has 1 atom stereocenters. The van der Waals surface area contributed by atoms with Crippen LogP contribution in [0.15, 0.2) is 41.8 Å². The van der Waals surface area contributed by atoms with Gasteiger partial charge in [-0.15, -0.1) is 0 Å². The van der Waals surface area contributed by atoms with Crippen molar-refractivity contribution in [2.24, 2.45) is 0 Å². The molecular formula is C12H11N3O4S. The normalized spacial score (nSPS) is 18.0. The number of aromatic amines is 1. The third-order valence-corrected chi connectivity index (χ3v) is 4.97. The van der Waals surface area contributed by atoms with Crippen molar-refractivity contribution < 1.29 is 18.3 Å². The Labute approximate surface area is 114 Å². The van der Waals surface area contributed by atoms with E-state index in [9.17, 15) is 18.3 Å². The summed E-state index contributed by atoms with van der Waals surface area (Å²) in [5, 5.41) is 9.16. The average molecular weight is 293 g/mol. The first kappa shape index (κ1) is 12.7. The number of fused-ring (bicyclic) bond motifs is 1. The van der Waals surface area contributed by atoms with Crippen molar-refractivity contribution in [2.45, 2.75) is 17.5 Å². The van der Waals surface area contributed by atoms with E-state index in [2.05, 4.69) is 9.97 Å². The highest BCUT2D eigenvalue weighted by molar-refractivity contribution is 7.92. The number of sulfonamides is 1. The molecule has 0 aliphatic carbocycles. The van der Waals surface area contributed by atoms with Gasteiger partial charge < -0.3 is 10.1 Å². The number of benzene rings is 1. The van der Waals surface area contributed by atoms with Gasteiger partial charge in [0.15, 0.2) is 5.03 Å². The molecule has 1 aromatic heterocycles. The van der Waals surface area contributed by atoms with Gasteiger partial charge in [0.05, 0.1) is 18.2 Å². The largest absolute Gasteiger partial charge is 0.480 e. The standard InChI is InChI=1S/C12H11N3O4S/c16-12(17)10-5-8-3-1-2-4-9(8)15(10)20(18,19)11-6-13-7-14-11/h1-4,6-7,10H,5H2,(H,13,14)(H,16,17)/t10-/m0/s1. The van der Waals surface area contributed by atoms with E-state index in [1.165, 1.54) is 6.33 Å². The van der Waals surface area contributed by atoms with Crippen molar-refractivity contribution in [3.05, 3.63) is 42.4 Å². The highest BCUT2D eigenvalue weighted by Gasteiger charge is 2.42. The monoisotopic (exact) mass is 293 g/mol. The molecule has 1 aliphatic heterocycles. The van der Waals surface area contributed by atoms with Gasteiger partial charge in [-0.3, -0.25) is 4.31 Å². The molecule has 1 aromatic carbocycles. The maximum Gasteiger partial charge on any atom is 0.327 e. The molecule has 2 N–H and O–H groups in total. The lowest BCUT2D eigenvalue weighted by molar-refractivity contribution is -0.138. The molecule has 2 heterocycles. The Kier molecular flexibility index (Phi) is 2.75. The van der Waals surface area contributed by atoms with Crippen LogP contribution in [0.25, 0.3) is 0 Å². The van der Waals surface area contributed by atoms with Crippen LogP contribution in [0.1, 0.15) is 5.56 Å². The number of nitrogens with one attached hydrogen (secondary N) is 1. The van der Waals surface area contributed by atoms with Crippen LogP contribution >= 0.6 is 0 Å². The summed E-state index contributed by atoms with van der Waals surface area (Å²) in [7, 11) is -3.97. The third-order valence-electron chi connectivity index (χ3n) is 3.22. The summed E-state index contributed by atoms with van der Waals surface area (Å²) in [5.41, 5.74) is 1.09. The minimum atomic E-state index is -3.97. The number of anilines is 1. The molecule has 8 heteroatoms. The van der Waals surface area contributed by atoms with E-state index in [0.717, 1.165) is 10.5 Å². The lowest BCUT2D eigenvalue weighted by atomic mass is 10.1. The van der Waals surface area contributed by atoms with Gasteiger partial charge in [-0.25, -0.2) is 9.78 Å². The molecule has 0 radical (unpaired) electrons. The second-order valence-corrected chi connectivity index (χ2v) is 6.19. The van der Waals surface area contributed by atoms with Crippen LogP contribution in [-0.2, 0) is 21.2 Å². The van der Waals surface area contributed by atoms with Crippen LogP contribution in [0.2, 0.25) is 0 Å². The fraction of sp³-hybridized carbons (Fsp3) is 0.167. The van der Waals surface area contributed by atoms with Gasteiger partial charge in [0.25, 0.3) is 10.0 Å². The van der Waals surface area contributed by atoms with Gasteiger partial charge >= 0.3 is 5.97 Å². The summed E-state index contributed by atoms with van der Waals surface area (Å²) < 4.78 is 26.1. The first-order chi connectivity index (χ1) is 9.51. The van der Waals surface area contributed by atoms with Gasteiger partial charge in [0.1, 0.15) is 6.04 Å². The zero-order valence-electron chi connectivity index (χ0n) is 10.2. The van der Waals surface area contributed by atoms with Gasteiger partial charge in [0.2, 0.25) is 0 Å². The molecule has 3 rings (SSSR count). The molecule has 0 unspecified atom stereocenters. The zero-order valence-corrected chi connectivity index (χ0v) is 11.0. The first-order valence-corrected chi connectivity index (χ1v) is 7.29. The molecule has 0 amide bonds. The fourth-order valence-corrected chi connectivity index (χ4v) is 3.88. The Morgan fingerprint density at radius 2 is 2.15 bits per heavy atom. The van der Waals surface area contributed by atoms with Crippen LogP contribution in [-0.4, -0.2) is 35.5 Å². The number of carboxylic acid groups (broad SMARTS) is 1. The molecule has 0 fully saturated rings. The summed E-state index contributed by atoms with van der Waals surface area (Å²) in [6.45, 7) is 0. The Bertz CT molecular complexity index is 755. The molecule has 20 heavy (non-hydrogen) atoms. The van der Waals surface area contributed by atoms with Crippen molar-refractivity contribution >= 4 is 21.7 Å². The number of hydrogen-bond donors (Lipinski definition) is 2. The maximum atomic E-state index is 12.6. The number of H-pyrrole nitrogens is 1. The molecule has 0 bridgehead atoms. The Hall–Kier alpha value is -2.35. The SMILES string of the molecule is O=C(O)[C@@H]1Cc2ccccc2N1S(=O)(=O)c1cnc[nH]1.